The molecule has 1 aliphatic heterocycles. The molecule has 104 valence electrons. The molecule has 1 aromatic carbocycles. The van der Waals surface area contributed by atoms with Gasteiger partial charge in [0.15, 0.2) is 11.6 Å². The minimum Gasteiger partial charge on any atom is -0.494 e. The van der Waals surface area contributed by atoms with Crippen LogP contribution in [0.1, 0.15) is 24.4 Å². The van der Waals surface area contributed by atoms with Gasteiger partial charge in [-0.25, -0.2) is 4.39 Å². The first-order chi connectivity index (χ1) is 9.31. The van der Waals surface area contributed by atoms with Gasteiger partial charge >= 0.3 is 0 Å². The van der Waals surface area contributed by atoms with E-state index in [9.17, 15) is 4.39 Å². The molecule has 0 bridgehead atoms. The van der Waals surface area contributed by atoms with E-state index in [-0.39, 0.29) is 11.9 Å². The second-order valence-electron chi connectivity index (χ2n) is 5.43. The summed E-state index contributed by atoms with van der Waals surface area (Å²) >= 11 is 0. The summed E-state index contributed by atoms with van der Waals surface area (Å²) in [6, 6.07) is 5.73. The van der Waals surface area contributed by atoms with Crippen molar-refractivity contribution >= 4 is 0 Å². The molecule has 1 atom stereocenters. The number of benzene rings is 1. The van der Waals surface area contributed by atoms with Crippen molar-refractivity contribution in [1.82, 2.24) is 10.2 Å². The van der Waals surface area contributed by atoms with Crippen LogP contribution < -0.4 is 10.1 Å². The van der Waals surface area contributed by atoms with Crippen LogP contribution in [0.3, 0.4) is 0 Å². The minimum absolute atomic E-state index is 0.180. The molecule has 0 unspecified atom stereocenters. The summed E-state index contributed by atoms with van der Waals surface area (Å²) in [5.74, 6) is 0.790. The summed E-state index contributed by atoms with van der Waals surface area (Å²) in [4.78, 5) is 2.42. The van der Waals surface area contributed by atoms with Gasteiger partial charge < -0.3 is 10.1 Å². The third-order valence-corrected chi connectivity index (χ3v) is 4.15. The Labute approximate surface area is 113 Å². The molecule has 2 fully saturated rings. The van der Waals surface area contributed by atoms with Gasteiger partial charge in [0.2, 0.25) is 0 Å². The molecule has 4 heteroatoms. The van der Waals surface area contributed by atoms with Crippen LogP contribution in [0.15, 0.2) is 18.2 Å². The average Bonchev–Trinajstić information content (AvgIpc) is 3.27. The third kappa shape index (κ3) is 2.60. The highest BCUT2D eigenvalue weighted by Gasteiger charge is 2.38. The lowest BCUT2D eigenvalue weighted by Gasteiger charge is -2.35. The fraction of sp³-hybridized carbons (Fsp3) is 0.600. The van der Waals surface area contributed by atoms with E-state index >= 15 is 0 Å². The van der Waals surface area contributed by atoms with E-state index in [4.69, 9.17) is 4.74 Å². The highest BCUT2D eigenvalue weighted by Crippen LogP contribution is 2.46. The molecular formula is C15H21FN2O. The summed E-state index contributed by atoms with van der Waals surface area (Å²) in [6.45, 7) is 3.99. The van der Waals surface area contributed by atoms with Crippen LogP contribution in [0.2, 0.25) is 0 Å². The average molecular weight is 264 g/mol. The Hall–Kier alpha value is -1.13. The predicted octanol–water partition coefficient (Wildman–Crippen LogP) is 2.19. The number of hydrogen-bond acceptors (Lipinski definition) is 3. The van der Waals surface area contributed by atoms with Gasteiger partial charge in [0, 0.05) is 37.8 Å². The molecule has 1 saturated carbocycles. The van der Waals surface area contributed by atoms with Crippen LogP contribution in [0.25, 0.3) is 0 Å². The van der Waals surface area contributed by atoms with Gasteiger partial charge in [-0.05, 0) is 24.8 Å². The van der Waals surface area contributed by atoms with E-state index in [2.05, 4.69) is 10.2 Å². The SMILES string of the molecule is COc1cccc([C@@H](C2CC2)N2CCNCC2)c1F. The van der Waals surface area contributed by atoms with E-state index < -0.39 is 0 Å². The molecule has 3 nitrogen and oxygen atoms in total. The number of nitrogens with zero attached hydrogens (tertiary/aromatic N) is 1. The van der Waals surface area contributed by atoms with Crippen molar-refractivity contribution < 1.29 is 9.13 Å². The van der Waals surface area contributed by atoms with Gasteiger partial charge in [-0.3, -0.25) is 4.90 Å². The second kappa shape index (κ2) is 5.47. The van der Waals surface area contributed by atoms with E-state index in [0.717, 1.165) is 31.7 Å². The molecule has 0 aromatic heterocycles. The maximum Gasteiger partial charge on any atom is 0.169 e. The zero-order valence-electron chi connectivity index (χ0n) is 11.4. The molecule has 1 N–H and O–H groups in total. The van der Waals surface area contributed by atoms with Gasteiger partial charge in [-0.1, -0.05) is 12.1 Å². The Kier molecular flexibility index (Phi) is 3.71. The standard InChI is InChI=1S/C15H21FN2O/c1-19-13-4-2-3-12(14(13)16)15(11-5-6-11)18-9-7-17-8-10-18/h2-4,11,15,17H,5-10H2,1H3/t15-/m1/s1. The fourth-order valence-corrected chi connectivity index (χ4v) is 3.03. The Balaban J connectivity index is 1.91. The van der Waals surface area contributed by atoms with E-state index in [1.165, 1.54) is 20.0 Å². The Morgan fingerprint density at radius 3 is 2.68 bits per heavy atom. The molecular weight excluding hydrogens is 243 g/mol. The molecule has 2 aliphatic rings. The number of piperazine rings is 1. The van der Waals surface area contributed by atoms with Crippen LogP contribution in [0.5, 0.6) is 5.75 Å². The summed E-state index contributed by atoms with van der Waals surface area (Å²) < 4.78 is 19.6. The second-order valence-corrected chi connectivity index (χ2v) is 5.43. The lowest BCUT2D eigenvalue weighted by molar-refractivity contribution is 0.152. The lowest BCUT2D eigenvalue weighted by atomic mass is 9.99. The number of halogens is 1. The first-order valence-electron chi connectivity index (χ1n) is 7.08. The molecule has 0 radical (unpaired) electrons. The van der Waals surface area contributed by atoms with Crippen LogP contribution in [-0.2, 0) is 0 Å². The first kappa shape index (κ1) is 12.9. The zero-order chi connectivity index (χ0) is 13.2. The normalized spacial score (nSPS) is 22.2. The first-order valence-corrected chi connectivity index (χ1v) is 7.08. The van der Waals surface area contributed by atoms with Crippen LogP contribution in [0.4, 0.5) is 4.39 Å². The van der Waals surface area contributed by atoms with Crippen molar-refractivity contribution in [2.24, 2.45) is 5.92 Å². The predicted molar refractivity (Wildman–Crippen MR) is 72.9 cm³/mol. The summed E-state index contributed by atoms with van der Waals surface area (Å²) in [5, 5.41) is 3.36. The summed E-state index contributed by atoms with van der Waals surface area (Å²) in [6.07, 6.45) is 2.43. The fourth-order valence-electron chi connectivity index (χ4n) is 3.03. The summed E-state index contributed by atoms with van der Waals surface area (Å²) in [7, 11) is 1.53. The largest absolute Gasteiger partial charge is 0.494 e. The van der Waals surface area contributed by atoms with Gasteiger partial charge in [0.05, 0.1) is 7.11 Å². The monoisotopic (exact) mass is 264 g/mol. The van der Waals surface area contributed by atoms with Gasteiger partial charge in [0.25, 0.3) is 0 Å². The molecule has 1 saturated heterocycles. The highest BCUT2D eigenvalue weighted by molar-refractivity contribution is 5.34. The van der Waals surface area contributed by atoms with Crippen molar-refractivity contribution in [2.45, 2.75) is 18.9 Å². The Morgan fingerprint density at radius 1 is 1.32 bits per heavy atom. The van der Waals surface area contributed by atoms with Crippen LogP contribution >= 0.6 is 0 Å². The van der Waals surface area contributed by atoms with Gasteiger partial charge in [0.1, 0.15) is 0 Å². The molecule has 3 rings (SSSR count). The smallest absolute Gasteiger partial charge is 0.169 e. The van der Waals surface area contributed by atoms with Crippen molar-refractivity contribution in [1.29, 1.82) is 0 Å². The molecule has 1 heterocycles. The maximum atomic E-state index is 14.5. The minimum atomic E-state index is -0.180. The van der Waals surface area contributed by atoms with Gasteiger partial charge in [-0.2, -0.15) is 0 Å². The number of hydrogen-bond donors (Lipinski definition) is 1. The lowest BCUT2D eigenvalue weighted by Crippen LogP contribution is -2.45. The molecule has 0 spiro atoms. The van der Waals surface area contributed by atoms with E-state index in [1.54, 1.807) is 6.07 Å². The summed E-state index contributed by atoms with van der Waals surface area (Å²) in [5.41, 5.74) is 0.809. The van der Waals surface area contributed by atoms with Crippen LogP contribution in [-0.4, -0.2) is 38.2 Å². The van der Waals surface area contributed by atoms with Gasteiger partial charge in [-0.15, -0.1) is 0 Å². The topological polar surface area (TPSA) is 24.5 Å². The van der Waals surface area contributed by atoms with Crippen LogP contribution in [0, 0.1) is 11.7 Å². The molecule has 19 heavy (non-hydrogen) atoms. The Morgan fingerprint density at radius 2 is 2.05 bits per heavy atom. The zero-order valence-corrected chi connectivity index (χ0v) is 11.4. The number of nitrogens with one attached hydrogen (secondary N) is 1. The van der Waals surface area contributed by atoms with Crippen molar-refractivity contribution in [2.75, 3.05) is 33.3 Å². The number of rotatable bonds is 4. The molecule has 1 aromatic rings. The maximum absolute atomic E-state index is 14.5. The number of methoxy groups -OCH3 is 1. The van der Waals surface area contributed by atoms with E-state index in [0.29, 0.717) is 11.7 Å². The number of ether oxygens (including phenoxy) is 1. The third-order valence-electron chi connectivity index (χ3n) is 4.15. The van der Waals surface area contributed by atoms with Crippen molar-refractivity contribution in [3.63, 3.8) is 0 Å². The van der Waals surface area contributed by atoms with Crippen molar-refractivity contribution in [3.05, 3.63) is 29.6 Å². The van der Waals surface area contributed by atoms with Crippen molar-refractivity contribution in [3.8, 4) is 5.75 Å². The highest BCUT2D eigenvalue weighted by atomic mass is 19.1. The molecule has 1 aliphatic carbocycles. The quantitative estimate of drug-likeness (QED) is 0.902. The van der Waals surface area contributed by atoms with E-state index in [1.807, 2.05) is 12.1 Å². The Bertz CT molecular complexity index is 442. The molecule has 0 amide bonds.